The molecule has 0 unspecified atom stereocenters. The van der Waals surface area contributed by atoms with Gasteiger partial charge >= 0.3 is 0 Å². The Kier molecular flexibility index (Phi) is 4.67. The first-order valence-electron chi connectivity index (χ1n) is 9.94. The van der Waals surface area contributed by atoms with Crippen LogP contribution in [-0.2, 0) is 19.9 Å². The van der Waals surface area contributed by atoms with Gasteiger partial charge in [0.15, 0.2) is 0 Å². The van der Waals surface area contributed by atoms with Gasteiger partial charge < -0.3 is 4.57 Å². The van der Waals surface area contributed by atoms with Crippen LogP contribution in [-0.4, -0.2) is 10.8 Å². The predicted octanol–water partition coefficient (Wildman–Crippen LogP) is 6.32. The van der Waals surface area contributed by atoms with Gasteiger partial charge in [-0.25, -0.2) is 4.99 Å². The maximum atomic E-state index is 9.80. The van der Waals surface area contributed by atoms with Crippen molar-refractivity contribution in [3.05, 3.63) is 51.5 Å². The topological polar surface area (TPSA) is 41.1 Å². The van der Waals surface area contributed by atoms with Gasteiger partial charge in [-0.3, -0.25) is 0 Å². The number of nitrogens with zero attached hydrogens (tertiary/aromatic N) is 3. The third-order valence-corrected chi connectivity index (χ3v) is 7.50. The van der Waals surface area contributed by atoms with Gasteiger partial charge in [0.2, 0.25) is 0 Å². The molecule has 0 aliphatic heterocycles. The highest BCUT2D eigenvalue weighted by Crippen LogP contribution is 2.45. The zero-order chi connectivity index (χ0) is 20.1. The molecule has 2 aromatic heterocycles. The van der Waals surface area contributed by atoms with Gasteiger partial charge in [0, 0.05) is 40.3 Å². The third kappa shape index (κ3) is 3.08. The van der Waals surface area contributed by atoms with Crippen molar-refractivity contribution in [3.63, 3.8) is 0 Å². The summed E-state index contributed by atoms with van der Waals surface area (Å²) >= 11 is 1.72. The smallest absolute Gasteiger partial charge is 0.134 e. The Balaban J connectivity index is 1.74. The van der Waals surface area contributed by atoms with Crippen LogP contribution in [0.5, 0.6) is 0 Å². The lowest BCUT2D eigenvalue weighted by Crippen LogP contribution is -2.26. The lowest BCUT2D eigenvalue weighted by Gasteiger charge is -2.33. The van der Waals surface area contributed by atoms with Crippen LogP contribution in [0.3, 0.4) is 0 Å². The van der Waals surface area contributed by atoms with E-state index in [9.17, 15) is 5.26 Å². The molecule has 3 nitrogen and oxygen atoms in total. The standard InChI is InChI=1S/C24H27N3S/c1-15-20(17-8-6-7-9-21(17)27(15)5)14-26-23-19(13-25)18-11-10-16(24(2,3)4)12-22(18)28-23/h6-9,14,16H,10-12H2,1-5H3/t16-/m1/s1. The van der Waals surface area contributed by atoms with E-state index in [4.69, 9.17) is 4.99 Å². The van der Waals surface area contributed by atoms with E-state index in [1.54, 1.807) is 11.3 Å². The number of thiophene rings is 1. The minimum Gasteiger partial charge on any atom is -0.347 e. The van der Waals surface area contributed by atoms with E-state index in [1.807, 2.05) is 6.21 Å². The van der Waals surface area contributed by atoms with Gasteiger partial charge in [-0.1, -0.05) is 39.0 Å². The quantitative estimate of drug-likeness (QED) is 0.473. The van der Waals surface area contributed by atoms with E-state index in [1.165, 1.54) is 27.0 Å². The van der Waals surface area contributed by atoms with Gasteiger partial charge in [0.05, 0.1) is 5.56 Å². The third-order valence-electron chi connectivity index (χ3n) is 6.34. The second-order valence-electron chi connectivity index (χ2n) is 8.93. The van der Waals surface area contributed by atoms with Crippen LogP contribution in [0.25, 0.3) is 10.9 Å². The minimum absolute atomic E-state index is 0.304. The lowest BCUT2D eigenvalue weighted by atomic mass is 9.72. The second kappa shape index (κ2) is 6.90. The van der Waals surface area contributed by atoms with Crippen LogP contribution in [0.1, 0.15) is 54.5 Å². The van der Waals surface area contributed by atoms with E-state index >= 15 is 0 Å². The van der Waals surface area contributed by atoms with E-state index in [0.717, 1.165) is 35.4 Å². The molecule has 4 rings (SSSR count). The van der Waals surface area contributed by atoms with Crippen LogP contribution >= 0.6 is 11.3 Å². The summed E-state index contributed by atoms with van der Waals surface area (Å²) in [5.41, 5.74) is 5.88. The van der Waals surface area contributed by atoms with Gasteiger partial charge in [-0.05, 0) is 49.1 Å². The number of para-hydroxylation sites is 1. The normalized spacial score (nSPS) is 17.2. The average Bonchev–Trinajstić information content (AvgIpc) is 3.14. The summed E-state index contributed by atoms with van der Waals surface area (Å²) in [5, 5.41) is 11.9. The molecule has 0 N–H and O–H groups in total. The number of rotatable bonds is 2. The molecule has 0 spiro atoms. The maximum absolute atomic E-state index is 9.80. The van der Waals surface area contributed by atoms with E-state index in [2.05, 4.69) is 69.6 Å². The van der Waals surface area contributed by atoms with Gasteiger partial charge in [-0.2, -0.15) is 5.26 Å². The summed E-state index contributed by atoms with van der Waals surface area (Å²) in [6.07, 6.45) is 5.19. The largest absolute Gasteiger partial charge is 0.347 e. The number of hydrogen-bond acceptors (Lipinski definition) is 3. The molecule has 1 aliphatic carbocycles. The zero-order valence-corrected chi connectivity index (χ0v) is 18.2. The molecule has 0 saturated heterocycles. The van der Waals surface area contributed by atoms with Gasteiger partial charge in [-0.15, -0.1) is 11.3 Å². The molecule has 144 valence electrons. The molecular weight excluding hydrogens is 362 g/mol. The molecule has 28 heavy (non-hydrogen) atoms. The lowest BCUT2D eigenvalue weighted by molar-refractivity contribution is 0.218. The molecular formula is C24H27N3S. The zero-order valence-electron chi connectivity index (χ0n) is 17.3. The van der Waals surface area contributed by atoms with Crippen molar-refractivity contribution in [2.24, 2.45) is 23.4 Å². The fourth-order valence-electron chi connectivity index (χ4n) is 4.35. The Labute approximate surface area is 171 Å². The summed E-state index contributed by atoms with van der Waals surface area (Å²) in [6.45, 7) is 9.09. The number of aryl methyl sites for hydroxylation is 1. The Morgan fingerprint density at radius 3 is 2.75 bits per heavy atom. The molecule has 0 fully saturated rings. The van der Waals surface area contributed by atoms with Crippen molar-refractivity contribution in [2.45, 2.75) is 47.0 Å². The Bertz CT molecular complexity index is 1120. The Hall–Kier alpha value is -2.38. The first-order chi connectivity index (χ1) is 13.3. The van der Waals surface area contributed by atoms with Crippen LogP contribution in [0.4, 0.5) is 5.00 Å². The van der Waals surface area contributed by atoms with Crippen molar-refractivity contribution in [2.75, 3.05) is 0 Å². The van der Waals surface area contributed by atoms with Crippen LogP contribution in [0.2, 0.25) is 0 Å². The summed E-state index contributed by atoms with van der Waals surface area (Å²) in [4.78, 5) is 6.19. The SMILES string of the molecule is Cc1c(C=Nc2sc3c(c2C#N)CC[C@@H](C(C)(C)C)C3)c2ccccc2n1C. The van der Waals surface area contributed by atoms with Crippen molar-refractivity contribution < 1.29 is 0 Å². The van der Waals surface area contributed by atoms with Crippen molar-refractivity contribution in [1.29, 1.82) is 5.26 Å². The van der Waals surface area contributed by atoms with Crippen LogP contribution in [0, 0.1) is 29.6 Å². The molecule has 2 heterocycles. The number of hydrogen-bond donors (Lipinski definition) is 0. The molecule has 1 aromatic carbocycles. The van der Waals surface area contributed by atoms with Gasteiger partial charge in [0.25, 0.3) is 0 Å². The van der Waals surface area contributed by atoms with Crippen molar-refractivity contribution in [3.8, 4) is 6.07 Å². The summed E-state index contributed by atoms with van der Waals surface area (Å²) in [7, 11) is 2.09. The first-order valence-corrected chi connectivity index (χ1v) is 10.8. The molecule has 4 heteroatoms. The predicted molar refractivity (Wildman–Crippen MR) is 119 cm³/mol. The molecule has 0 bridgehead atoms. The highest BCUT2D eigenvalue weighted by Gasteiger charge is 2.32. The fourth-order valence-corrected chi connectivity index (χ4v) is 5.57. The summed E-state index contributed by atoms with van der Waals surface area (Å²) in [6, 6.07) is 10.8. The Morgan fingerprint density at radius 2 is 2.04 bits per heavy atom. The Morgan fingerprint density at radius 1 is 1.29 bits per heavy atom. The molecule has 3 aromatic rings. The first kappa shape index (κ1) is 19.0. The van der Waals surface area contributed by atoms with E-state index in [-0.39, 0.29) is 0 Å². The minimum atomic E-state index is 0.304. The molecule has 1 aliphatic rings. The highest BCUT2D eigenvalue weighted by atomic mass is 32.1. The van der Waals surface area contributed by atoms with Gasteiger partial charge in [0.1, 0.15) is 11.1 Å². The molecule has 0 saturated carbocycles. The number of aromatic nitrogens is 1. The summed E-state index contributed by atoms with van der Waals surface area (Å²) < 4.78 is 2.20. The summed E-state index contributed by atoms with van der Waals surface area (Å²) in [5.74, 6) is 0.669. The van der Waals surface area contributed by atoms with Crippen molar-refractivity contribution >= 4 is 33.5 Å². The van der Waals surface area contributed by atoms with Crippen LogP contribution < -0.4 is 0 Å². The number of aliphatic imine (C=N–C) groups is 1. The van der Waals surface area contributed by atoms with E-state index in [0.29, 0.717) is 11.3 Å². The fraction of sp³-hybridized carbons (Fsp3) is 0.417. The van der Waals surface area contributed by atoms with E-state index < -0.39 is 0 Å². The number of benzene rings is 1. The molecule has 0 amide bonds. The monoisotopic (exact) mass is 389 g/mol. The number of nitriles is 1. The average molecular weight is 390 g/mol. The molecule has 0 radical (unpaired) electrons. The maximum Gasteiger partial charge on any atom is 0.134 e. The van der Waals surface area contributed by atoms with Crippen molar-refractivity contribution in [1.82, 2.24) is 4.57 Å². The number of fused-ring (bicyclic) bond motifs is 2. The molecule has 1 atom stereocenters. The second-order valence-corrected chi connectivity index (χ2v) is 10.0. The highest BCUT2D eigenvalue weighted by molar-refractivity contribution is 7.16. The van der Waals surface area contributed by atoms with Crippen LogP contribution in [0.15, 0.2) is 29.3 Å².